The van der Waals surface area contributed by atoms with Crippen LogP contribution in [0.25, 0.3) is 0 Å². The van der Waals surface area contributed by atoms with Gasteiger partial charge in [-0.05, 0) is 113 Å². The summed E-state index contributed by atoms with van der Waals surface area (Å²) in [6.07, 6.45) is 1.73. The second-order valence-corrected chi connectivity index (χ2v) is 29.3. The van der Waals surface area contributed by atoms with Crippen LogP contribution in [0.1, 0.15) is 175 Å². The van der Waals surface area contributed by atoms with Crippen LogP contribution in [0.5, 0.6) is 0 Å². The third-order valence-corrected chi connectivity index (χ3v) is 21.5. The van der Waals surface area contributed by atoms with E-state index < -0.39 is 168 Å². The molecule has 0 bridgehead atoms. The maximum Gasteiger partial charge on any atom is 0.419 e. The lowest BCUT2D eigenvalue weighted by molar-refractivity contribution is -0.160. The van der Waals surface area contributed by atoms with E-state index in [4.69, 9.17) is 4.74 Å². The van der Waals surface area contributed by atoms with E-state index >= 15 is 14.0 Å². The molecule has 3 aliphatic heterocycles. The summed E-state index contributed by atoms with van der Waals surface area (Å²) in [5.41, 5.74) is -1.44. The summed E-state index contributed by atoms with van der Waals surface area (Å²) in [7, 11) is 11.6. The highest BCUT2D eigenvalue weighted by molar-refractivity contribution is 5.99. The Kier molecular flexibility index (Phi) is 30.3. The van der Waals surface area contributed by atoms with Gasteiger partial charge < -0.3 is 64.8 Å². The molecule has 0 spiro atoms. The summed E-state index contributed by atoms with van der Waals surface area (Å²) in [6.45, 7) is 10.1. The number of rotatable bonds is 13. The quantitative estimate of drug-likeness (QED) is 0.220. The van der Waals surface area contributed by atoms with Gasteiger partial charge in [0.05, 0.1) is 24.6 Å². The molecule has 3 saturated heterocycles. The maximum atomic E-state index is 15.1. The fraction of sp³-hybridized carbons (Fsp3) is 0.750. The first kappa shape index (κ1) is 82.5. The highest BCUT2D eigenvalue weighted by Gasteiger charge is 2.48. The Hall–Kier alpha value is -7.46. The lowest BCUT2D eigenvalue weighted by Crippen LogP contribution is -2.65. The van der Waals surface area contributed by atoms with E-state index in [0.717, 1.165) is 55.9 Å². The Labute approximate surface area is 593 Å². The highest BCUT2D eigenvalue weighted by Crippen LogP contribution is 2.35. The Balaban J connectivity index is 1.37. The van der Waals surface area contributed by atoms with Crippen molar-refractivity contribution in [2.75, 3.05) is 89.2 Å². The Morgan fingerprint density at radius 1 is 0.683 bits per heavy atom. The Morgan fingerprint density at radius 3 is 1.92 bits per heavy atom. The molecule has 12 amide bonds. The molecule has 3 heterocycles. The van der Waals surface area contributed by atoms with Crippen LogP contribution in [-0.4, -0.2) is 265 Å². The molecule has 29 heteroatoms. The molecule has 2 aliphatic carbocycles. The minimum absolute atomic E-state index is 0.00240. The first-order valence-corrected chi connectivity index (χ1v) is 36.3. The molecule has 5 aliphatic rings. The van der Waals surface area contributed by atoms with Gasteiger partial charge in [0.2, 0.25) is 70.9 Å². The van der Waals surface area contributed by atoms with E-state index in [1.54, 1.807) is 13.8 Å². The molecule has 5 fully saturated rings. The van der Waals surface area contributed by atoms with Crippen LogP contribution < -0.4 is 16.0 Å². The number of hydrogen-bond acceptors (Lipinski definition) is 13. The predicted molar refractivity (Wildman–Crippen MR) is 368 cm³/mol. The van der Waals surface area contributed by atoms with Crippen molar-refractivity contribution in [2.24, 2.45) is 23.7 Å². The van der Waals surface area contributed by atoms with Gasteiger partial charge >= 0.3 is 6.18 Å². The van der Waals surface area contributed by atoms with E-state index in [1.807, 2.05) is 20.8 Å². The number of ether oxygens (including phenoxy) is 1. The molecular formula is C72H112F4N12O13. The molecular weight excluding hydrogens is 1320 g/mol. The number of halogens is 4. The van der Waals surface area contributed by atoms with Gasteiger partial charge in [0.25, 0.3) is 0 Å². The maximum absolute atomic E-state index is 15.1. The average molecular weight is 1430 g/mol. The molecule has 2 saturated carbocycles. The molecule has 0 radical (unpaired) electrons. The zero-order chi connectivity index (χ0) is 75.1. The number of nitrogens with zero attached hydrogens (tertiary/aromatic N) is 9. The Bertz CT molecular complexity index is 3110. The van der Waals surface area contributed by atoms with Gasteiger partial charge in [-0.25, -0.2) is 4.39 Å². The number of fused-ring (bicyclic) bond motifs is 2. The van der Waals surface area contributed by atoms with E-state index in [-0.39, 0.29) is 107 Å². The summed E-state index contributed by atoms with van der Waals surface area (Å²) >= 11 is 0. The number of carbonyl (C=O) groups is 12. The van der Waals surface area contributed by atoms with E-state index in [1.165, 1.54) is 103 Å². The van der Waals surface area contributed by atoms with Crippen molar-refractivity contribution in [2.45, 2.75) is 237 Å². The van der Waals surface area contributed by atoms with Crippen LogP contribution in [0.2, 0.25) is 0 Å². The van der Waals surface area contributed by atoms with Crippen molar-refractivity contribution in [1.29, 1.82) is 0 Å². The van der Waals surface area contributed by atoms with Crippen LogP contribution in [-0.2, 0) is 74.9 Å². The number of amides is 12. The fourth-order valence-corrected chi connectivity index (χ4v) is 14.8. The second-order valence-electron chi connectivity index (χ2n) is 29.3. The molecule has 0 unspecified atom stereocenters. The monoisotopic (exact) mass is 1430 g/mol. The lowest BCUT2D eigenvalue weighted by Gasteiger charge is -2.45. The van der Waals surface area contributed by atoms with Crippen LogP contribution >= 0.6 is 0 Å². The smallest absolute Gasteiger partial charge is 0.377 e. The molecule has 6 rings (SSSR count). The van der Waals surface area contributed by atoms with Crippen LogP contribution in [0.3, 0.4) is 0 Å². The zero-order valence-electron chi connectivity index (χ0n) is 61.8. The fourth-order valence-electron chi connectivity index (χ4n) is 14.8. The second kappa shape index (κ2) is 37.1. The van der Waals surface area contributed by atoms with Crippen molar-refractivity contribution < 1.29 is 79.8 Å². The van der Waals surface area contributed by atoms with Gasteiger partial charge in [-0.3, -0.25) is 57.5 Å². The van der Waals surface area contributed by atoms with E-state index in [0.29, 0.717) is 31.4 Å². The molecule has 566 valence electrons. The average Bonchev–Trinajstić information content (AvgIpc) is 1.31. The van der Waals surface area contributed by atoms with Crippen LogP contribution in [0.15, 0.2) is 18.2 Å². The number of nitrogens with one attached hydrogen (secondary N) is 3. The van der Waals surface area contributed by atoms with Crippen molar-refractivity contribution in [3.05, 3.63) is 35.1 Å². The molecule has 1 aromatic rings. The van der Waals surface area contributed by atoms with Gasteiger partial charge in [0, 0.05) is 95.5 Å². The van der Waals surface area contributed by atoms with Crippen molar-refractivity contribution in [3.63, 3.8) is 0 Å². The summed E-state index contributed by atoms with van der Waals surface area (Å²) in [6, 6.07) is -8.53. The minimum atomic E-state index is -5.00. The lowest BCUT2D eigenvalue weighted by atomic mass is 9.84. The number of alkyl halides is 3. The van der Waals surface area contributed by atoms with Gasteiger partial charge in [-0.1, -0.05) is 85.1 Å². The third-order valence-electron chi connectivity index (χ3n) is 21.5. The van der Waals surface area contributed by atoms with Crippen LogP contribution in [0, 0.1) is 29.5 Å². The SMILES string of the molecule is CCO[C@@H]1C[C@H]2C(=O)NCCCCC(=O)N(C)[C@@H](C3CCCC3)C(=O)N(C)[C@H](C(=O)N(C)C)CC(=O)N(C)[C@@H](CC(C)C)C(=O)N[C@@H]([C@@H](C)CC)C(=O)N(C)[C@@H](C)C(=O)N3CC[C@H]3C(=O)N(C)[C@@H](CC3CCCCC3)C(=O)N(C)CC(=O)N[C@@H](CCc3ccc(C(F)(F)F)c(F)c3)C(=O)N2C1. The minimum Gasteiger partial charge on any atom is -0.377 e. The number of aryl methyl sites for hydroxylation is 1. The van der Waals surface area contributed by atoms with Crippen LogP contribution in [0.4, 0.5) is 17.6 Å². The van der Waals surface area contributed by atoms with E-state index in [9.17, 15) is 61.1 Å². The molecule has 101 heavy (non-hydrogen) atoms. The molecule has 3 N–H and O–H groups in total. The molecule has 1 aromatic carbocycles. The summed E-state index contributed by atoms with van der Waals surface area (Å²) in [5, 5.41) is 8.48. The van der Waals surface area contributed by atoms with Gasteiger partial charge in [0.15, 0.2) is 0 Å². The van der Waals surface area contributed by atoms with Crippen molar-refractivity contribution >= 4 is 70.9 Å². The van der Waals surface area contributed by atoms with E-state index in [2.05, 4.69) is 16.0 Å². The first-order chi connectivity index (χ1) is 47.5. The molecule has 25 nitrogen and oxygen atoms in total. The van der Waals surface area contributed by atoms with Crippen molar-refractivity contribution in [3.8, 4) is 0 Å². The summed E-state index contributed by atoms with van der Waals surface area (Å²) in [4.78, 5) is 188. The van der Waals surface area contributed by atoms with Crippen molar-refractivity contribution in [1.82, 2.24) is 60.0 Å². The number of benzene rings is 1. The largest absolute Gasteiger partial charge is 0.419 e. The number of likely N-dealkylation sites (N-methyl/N-ethyl adjacent to an activating group) is 7. The third kappa shape index (κ3) is 21.1. The predicted octanol–water partition coefficient (Wildman–Crippen LogP) is 5.00. The Morgan fingerprint density at radius 2 is 1.34 bits per heavy atom. The zero-order valence-corrected chi connectivity index (χ0v) is 61.8. The summed E-state index contributed by atoms with van der Waals surface area (Å²) in [5.74, 6) is -10.0. The normalized spacial score (nSPS) is 27.5. The van der Waals surface area contributed by atoms with Gasteiger partial charge in [0.1, 0.15) is 60.2 Å². The molecule has 0 aromatic heterocycles. The number of hydrogen-bond donors (Lipinski definition) is 3. The standard InChI is InChI=1S/C72H112F4N12O13/c1-15-44(5)61-70(99)82(10)45(6)65(94)87-35-33-53(87)69(98)84(12)56(38-46-24-18-17-19-25-46)68(97)81(9)42-58(89)78-52(32-30-47-29-31-50(51(73)37-47)72(74,75)76)66(95)88-41-49(101-16-2)39-55(88)63(92)77-34-23-22-28-59(90)86(14)62(48-26-20-21-27-48)71(100)85(13)57(67(96)80(7)8)40-60(91)83(11)54(36-43(3)4)64(93)79-61/h29,31,37,43-46,48-49,52-57,61-62H,15-28,30,32-36,38-42H2,1-14H3,(H,77,92)(H,78,89)(H,79,93)/t44-,45-,49+,52-,53-,54-,55-,56-,57-,61-,62-/m0/s1. The number of carbonyl (C=O) groups excluding carboxylic acids is 12. The highest BCUT2D eigenvalue weighted by atomic mass is 19.4. The van der Waals surface area contributed by atoms with Gasteiger partial charge in [-0.2, -0.15) is 13.2 Å². The summed E-state index contributed by atoms with van der Waals surface area (Å²) < 4.78 is 62.0. The van der Waals surface area contributed by atoms with Gasteiger partial charge in [-0.15, -0.1) is 0 Å². The first-order valence-electron chi connectivity index (χ1n) is 36.3. The topological polar surface area (TPSA) is 279 Å². The molecule has 11 atom stereocenters.